The Balaban J connectivity index is 2.31. The molecular formula is C14H19N3O4. The Bertz CT molecular complexity index is 559. The van der Waals surface area contributed by atoms with Crippen LogP contribution in [0, 0.1) is 0 Å². The first-order valence-corrected chi connectivity index (χ1v) is 6.62. The maximum atomic E-state index is 12.7. The van der Waals surface area contributed by atoms with E-state index in [2.05, 4.69) is 5.16 Å². The molecule has 1 aliphatic rings. The molecule has 1 aliphatic heterocycles. The number of nitrogens with zero attached hydrogens (tertiary/aromatic N) is 2. The van der Waals surface area contributed by atoms with E-state index in [0.717, 1.165) is 6.42 Å². The molecule has 1 unspecified atom stereocenters. The zero-order valence-corrected chi connectivity index (χ0v) is 12.1. The average molecular weight is 293 g/mol. The minimum absolute atomic E-state index is 0.0494. The summed E-state index contributed by atoms with van der Waals surface area (Å²) >= 11 is 0. The molecule has 0 saturated carbocycles. The molecule has 1 amide bonds. The van der Waals surface area contributed by atoms with E-state index >= 15 is 0 Å². The summed E-state index contributed by atoms with van der Waals surface area (Å²) in [5, 5.41) is 11.8. The summed E-state index contributed by atoms with van der Waals surface area (Å²) in [5.41, 5.74) is 6.08. The van der Waals surface area contributed by atoms with Crippen LogP contribution < -0.4 is 15.2 Å². The van der Waals surface area contributed by atoms with Gasteiger partial charge >= 0.3 is 0 Å². The number of methoxy groups -OCH3 is 2. The van der Waals surface area contributed by atoms with Crippen molar-refractivity contribution in [1.82, 2.24) is 4.90 Å². The van der Waals surface area contributed by atoms with Gasteiger partial charge in [0.25, 0.3) is 5.91 Å². The van der Waals surface area contributed by atoms with Gasteiger partial charge in [-0.15, -0.1) is 0 Å². The monoisotopic (exact) mass is 293 g/mol. The second-order valence-electron chi connectivity index (χ2n) is 4.75. The number of carbonyl (C=O) groups excluding carboxylic acids is 1. The molecule has 0 aromatic heterocycles. The van der Waals surface area contributed by atoms with Crippen molar-refractivity contribution in [1.29, 1.82) is 0 Å². The van der Waals surface area contributed by atoms with Crippen molar-refractivity contribution >= 4 is 11.7 Å². The molecule has 1 atom stereocenters. The number of benzene rings is 1. The molecule has 0 aliphatic carbocycles. The fourth-order valence-corrected chi connectivity index (χ4v) is 2.51. The third-order valence-corrected chi connectivity index (χ3v) is 3.61. The lowest BCUT2D eigenvalue weighted by Crippen LogP contribution is -2.44. The van der Waals surface area contributed by atoms with Crippen LogP contribution in [0.5, 0.6) is 11.5 Å². The summed E-state index contributed by atoms with van der Waals surface area (Å²) < 4.78 is 10.4. The van der Waals surface area contributed by atoms with Gasteiger partial charge in [-0.05, 0) is 25.0 Å². The average Bonchev–Trinajstić information content (AvgIpc) is 3.02. The predicted octanol–water partition coefficient (Wildman–Crippen LogP) is 1.05. The first-order chi connectivity index (χ1) is 10.1. The summed E-state index contributed by atoms with van der Waals surface area (Å²) in [5.74, 6) is 0.888. The van der Waals surface area contributed by atoms with E-state index < -0.39 is 0 Å². The van der Waals surface area contributed by atoms with Crippen molar-refractivity contribution in [3.05, 3.63) is 23.8 Å². The Morgan fingerprint density at radius 2 is 2.19 bits per heavy atom. The fourth-order valence-electron chi connectivity index (χ4n) is 2.51. The van der Waals surface area contributed by atoms with Gasteiger partial charge in [-0.25, -0.2) is 0 Å². The van der Waals surface area contributed by atoms with Crippen LogP contribution >= 0.6 is 0 Å². The fraction of sp³-hybridized carbons (Fsp3) is 0.429. The van der Waals surface area contributed by atoms with Crippen LogP contribution in [0.3, 0.4) is 0 Å². The molecule has 2 rings (SSSR count). The molecule has 3 N–H and O–H groups in total. The van der Waals surface area contributed by atoms with Crippen LogP contribution in [0.4, 0.5) is 0 Å². The minimum Gasteiger partial charge on any atom is -0.497 e. The lowest BCUT2D eigenvalue weighted by Gasteiger charge is -2.24. The van der Waals surface area contributed by atoms with E-state index in [4.69, 9.17) is 20.4 Å². The van der Waals surface area contributed by atoms with E-state index in [1.54, 1.807) is 30.2 Å². The Kier molecular flexibility index (Phi) is 4.52. The van der Waals surface area contributed by atoms with Crippen molar-refractivity contribution < 1.29 is 19.5 Å². The molecule has 1 aromatic rings. The zero-order valence-electron chi connectivity index (χ0n) is 12.1. The minimum atomic E-state index is -0.380. The van der Waals surface area contributed by atoms with Gasteiger partial charge in [-0.2, -0.15) is 0 Å². The van der Waals surface area contributed by atoms with Crippen molar-refractivity contribution in [2.75, 3.05) is 20.8 Å². The van der Waals surface area contributed by atoms with Crippen LogP contribution in [-0.4, -0.2) is 48.7 Å². The first-order valence-electron chi connectivity index (χ1n) is 6.62. The lowest BCUT2D eigenvalue weighted by molar-refractivity contribution is 0.0764. The number of amidine groups is 1. The predicted molar refractivity (Wildman–Crippen MR) is 77.0 cm³/mol. The van der Waals surface area contributed by atoms with Crippen molar-refractivity contribution in [3.63, 3.8) is 0 Å². The molecule has 21 heavy (non-hydrogen) atoms. The third kappa shape index (κ3) is 2.86. The smallest absolute Gasteiger partial charge is 0.258 e. The molecule has 114 valence electrons. The van der Waals surface area contributed by atoms with Crippen LogP contribution in [0.15, 0.2) is 23.4 Å². The van der Waals surface area contributed by atoms with Gasteiger partial charge in [-0.3, -0.25) is 4.79 Å². The Morgan fingerprint density at radius 1 is 1.43 bits per heavy atom. The number of carbonyl (C=O) groups is 1. The molecule has 7 heteroatoms. The molecule has 1 heterocycles. The highest BCUT2D eigenvalue weighted by atomic mass is 16.5. The Morgan fingerprint density at radius 3 is 2.81 bits per heavy atom. The van der Waals surface area contributed by atoms with Gasteiger partial charge < -0.3 is 25.3 Å². The van der Waals surface area contributed by atoms with Crippen LogP contribution in [0.1, 0.15) is 23.2 Å². The van der Waals surface area contributed by atoms with E-state index in [-0.39, 0.29) is 17.8 Å². The number of likely N-dealkylation sites (tertiary alicyclic amines) is 1. The molecule has 0 spiro atoms. The number of hydrogen-bond acceptors (Lipinski definition) is 5. The highest BCUT2D eigenvalue weighted by molar-refractivity contribution is 6.00. The van der Waals surface area contributed by atoms with Crippen LogP contribution in [-0.2, 0) is 0 Å². The summed E-state index contributed by atoms with van der Waals surface area (Å²) in [6.45, 7) is 0.564. The number of nitrogens with two attached hydrogens (primary N) is 1. The van der Waals surface area contributed by atoms with E-state index in [9.17, 15) is 4.79 Å². The zero-order chi connectivity index (χ0) is 15.4. The highest BCUT2D eigenvalue weighted by Gasteiger charge is 2.33. The summed E-state index contributed by atoms with van der Waals surface area (Å²) in [7, 11) is 3.04. The van der Waals surface area contributed by atoms with Crippen LogP contribution in [0.2, 0.25) is 0 Å². The summed E-state index contributed by atoms with van der Waals surface area (Å²) in [6, 6.07) is 4.63. The number of oxime groups is 1. The number of amides is 1. The molecule has 7 nitrogen and oxygen atoms in total. The first kappa shape index (κ1) is 15.0. The van der Waals surface area contributed by atoms with E-state index in [0.29, 0.717) is 30.0 Å². The molecule has 0 bridgehead atoms. The second kappa shape index (κ2) is 6.34. The van der Waals surface area contributed by atoms with Gasteiger partial charge in [0.05, 0.1) is 25.8 Å². The lowest BCUT2D eigenvalue weighted by atomic mass is 10.1. The van der Waals surface area contributed by atoms with Crippen molar-refractivity contribution in [2.24, 2.45) is 10.9 Å². The van der Waals surface area contributed by atoms with Gasteiger partial charge in [0, 0.05) is 12.6 Å². The van der Waals surface area contributed by atoms with E-state index in [1.807, 2.05) is 0 Å². The number of hydrogen-bond donors (Lipinski definition) is 2. The normalized spacial score (nSPS) is 18.7. The highest BCUT2D eigenvalue weighted by Crippen LogP contribution is 2.28. The van der Waals surface area contributed by atoms with Crippen LogP contribution in [0.25, 0.3) is 0 Å². The maximum Gasteiger partial charge on any atom is 0.258 e. The van der Waals surface area contributed by atoms with Gasteiger partial charge in [0.1, 0.15) is 11.5 Å². The Labute approximate surface area is 122 Å². The number of ether oxygens (including phenoxy) is 2. The van der Waals surface area contributed by atoms with Crippen molar-refractivity contribution in [3.8, 4) is 11.5 Å². The second-order valence-corrected chi connectivity index (χ2v) is 4.75. The molecule has 1 saturated heterocycles. The van der Waals surface area contributed by atoms with Crippen molar-refractivity contribution in [2.45, 2.75) is 18.9 Å². The molecule has 0 radical (unpaired) electrons. The SMILES string of the molecule is COc1ccc(C(=O)N2CCCC2C(N)=NO)c(OC)c1. The maximum absolute atomic E-state index is 12.7. The molecule has 1 fully saturated rings. The Hall–Kier alpha value is -2.44. The van der Waals surface area contributed by atoms with E-state index in [1.165, 1.54) is 7.11 Å². The van der Waals surface area contributed by atoms with Gasteiger partial charge in [0.15, 0.2) is 5.84 Å². The number of rotatable bonds is 4. The molecule has 1 aromatic carbocycles. The molecular weight excluding hydrogens is 274 g/mol. The summed E-state index contributed by atoms with van der Waals surface area (Å²) in [4.78, 5) is 14.3. The third-order valence-electron chi connectivity index (χ3n) is 3.61. The van der Waals surface area contributed by atoms with Gasteiger partial charge in [0.2, 0.25) is 0 Å². The topological polar surface area (TPSA) is 97.4 Å². The van der Waals surface area contributed by atoms with Gasteiger partial charge in [-0.1, -0.05) is 5.16 Å². The largest absolute Gasteiger partial charge is 0.497 e. The summed E-state index contributed by atoms with van der Waals surface area (Å²) in [6.07, 6.45) is 1.49. The quantitative estimate of drug-likeness (QED) is 0.374. The standard InChI is InChI=1S/C14H19N3O4/c1-20-9-5-6-10(12(8-9)21-2)14(18)17-7-3-4-11(17)13(15)16-19/h5-6,8,11,19H,3-4,7H2,1-2H3,(H2,15,16).